The van der Waals surface area contributed by atoms with E-state index in [1.165, 1.54) is 31.2 Å². The van der Waals surface area contributed by atoms with Crippen LogP contribution in [-0.2, 0) is 6.42 Å². The molecule has 0 unspecified atom stereocenters. The SMILES string of the molecule is CC(C)(CCc1ccsc1)C1(N)CC1. The predicted molar refractivity (Wildman–Crippen MR) is 62.6 cm³/mol. The zero-order valence-electron chi connectivity index (χ0n) is 9.05. The fourth-order valence-corrected chi connectivity index (χ4v) is 2.66. The van der Waals surface area contributed by atoms with E-state index in [4.69, 9.17) is 5.73 Å². The van der Waals surface area contributed by atoms with Crippen molar-refractivity contribution in [2.45, 2.75) is 45.1 Å². The van der Waals surface area contributed by atoms with Crippen molar-refractivity contribution in [1.82, 2.24) is 0 Å². The predicted octanol–water partition coefficient (Wildman–Crippen LogP) is 3.20. The molecule has 2 N–H and O–H groups in total. The first-order valence-corrected chi connectivity index (χ1v) is 6.28. The Hall–Kier alpha value is -0.340. The molecule has 0 atom stereocenters. The third-order valence-corrected chi connectivity index (χ3v) is 4.49. The molecule has 0 bridgehead atoms. The van der Waals surface area contributed by atoms with Gasteiger partial charge in [-0.3, -0.25) is 0 Å². The van der Waals surface area contributed by atoms with Crippen molar-refractivity contribution in [2.24, 2.45) is 11.1 Å². The summed E-state index contributed by atoms with van der Waals surface area (Å²) in [4.78, 5) is 0. The second-order valence-corrected chi connectivity index (χ2v) is 5.95. The van der Waals surface area contributed by atoms with Crippen LogP contribution in [0.5, 0.6) is 0 Å². The summed E-state index contributed by atoms with van der Waals surface area (Å²) in [5.41, 5.74) is 8.17. The highest BCUT2D eigenvalue weighted by Gasteiger charge is 2.50. The fraction of sp³-hybridized carbons (Fsp3) is 0.667. The molecular weight excluding hydrogens is 190 g/mol. The number of hydrogen-bond donors (Lipinski definition) is 1. The van der Waals surface area contributed by atoms with Gasteiger partial charge in [-0.05, 0) is 53.5 Å². The van der Waals surface area contributed by atoms with Crippen LogP contribution in [0.25, 0.3) is 0 Å². The third kappa shape index (κ3) is 1.86. The van der Waals surface area contributed by atoms with E-state index >= 15 is 0 Å². The van der Waals surface area contributed by atoms with Gasteiger partial charge in [-0.15, -0.1) is 0 Å². The van der Waals surface area contributed by atoms with Crippen LogP contribution in [0.1, 0.15) is 38.7 Å². The lowest BCUT2D eigenvalue weighted by Crippen LogP contribution is -2.40. The molecule has 0 radical (unpaired) electrons. The lowest BCUT2D eigenvalue weighted by atomic mass is 9.78. The van der Waals surface area contributed by atoms with Gasteiger partial charge in [-0.1, -0.05) is 13.8 Å². The Morgan fingerprint density at radius 1 is 1.50 bits per heavy atom. The normalized spacial score (nSPS) is 19.6. The van der Waals surface area contributed by atoms with Crippen molar-refractivity contribution >= 4 is 11.3 Å². The van der Waals surface area contributed by atoms with Crippen molar-refractivity contribution in [2.75, 3.05) is 0 Å². The molecule has 0 aromatic carbocycles. The van der Waals surface area contributed by atoms with Crippen molar-refractivity contribution < 1.29 is 0 Å². The molecule has 0 saturated heterocycles. The molecule has 0 aliphatic heterocycles. The molecule has 2 rings (SSSR count). The summed E-state index contributed by atoms with van der Waals surface area (Å²) >= 11 is 1.78. The Kier molecular flexibility index (Phi) is 2.44. The molecule has 1 aromatic rings. The second kappa shape index (κ2) is 3.35. The van der Waals surface area contributed by atoms with Gasteiger partial charge >= 0.3 is 0 Å². The van der Waals surface area contributed by atoms with Gasteiger partial charge < -0.3 is 5.73 Å². The highest BCUT2D eigenvalue weighted by molar-refractivity contribution is 7.07. The largest absolute Gasteiger partial charge is 0.325 e. The summed E-state index contributed by atoms with van der Waals surface area (Å²) in [6.45, 7) is 4.62. The number of aryl methyl sites for hydroxylation is 1. The number of rotatable bonds is 4. The molecule has 1 nitrogen and oxygen atoms in total. The quantitative estimate of drug-likeness (QED) is 0.809. The Bertz CT molecular complexity index is 296. The zero-order chi connectivity index (χ0) is 10.2. The molecule has 1 aromatic heterocycles. The van der Waals surface area contributed by atoms with Gasteiger partial charge in [0.2, 0.25) is 0 Å². The topological polar surface area (TPSA) is 26.0 Å². The third-order valence-electron chi connectivity index (χ3n) is 3.76. The molecule has 1 heterocycles. The van der Waals surface area contributed by atoms with Crippen LogP contribution in [0, 0.1) is 5.41 Å². The van der Waals surface area contributed by atoms with Crippen LogP contribution < -0.4 is 5.73 Å². The van der Waals surface area contributed by atoms with E-state index in [0.29, 0.717) is 5.41 Å². The van der Waals surface area contributed by atoms with Gasteiger partial charge in [0.25, 0.3) is 0 Å². The molecule has 14 heavy (non-hydrogen) atoms. The summed E-state index contributed by atoms with van der Waals surface area (Å²) in [5, 5.41) is 4.39. The van der Waals surface area contributed by atoms with E-state index in [1.807, 2.05) is 0 Å². The van der Waals surface area contributed by atoms with E-state index < -0.39 is 0 Å². The van der Waals surface area contributed by atoms with Crippen LogP contribution in [0.2, 0.25) is 0 Å². The van der Waals surface area contributed by atoms with Crippen molar-refractivity contribution in [1.29, 1.82) is 0 Å². The maximum atomic E-state index is 6.27. The van der Waals surface area contributed by atoms with Gasteiger partial charge in [0.1, 0.15) is 0 Å². The van der Waals surface area contributed by atoms with Gasteiger partial charge in [0.15, 0.2) is 0 Å². The summed E-state index contributed by atoms with van der Waals surface area (Å²) in [6, 6.07) is 2.22. The van der Waals surface area contributed by atoms with Crippen molar-refractivity contribution in [3.05, 3.63) is 22.4 Å². The Labute approximate surface area is 90.3 Å². The summed E-state index contributed by atoms with van der Waals surface area (Å²) < 4.78 is 0. The molecule has 2 heteroatoms. The first-order chi connectivity index (χ1) is 6.54. The van der Waals surface area contributed by atoms with E-state index in [2.05, 4.69) is 30.7 Å². The standard InChI is InChI=1S/C12H19NS/c1-11(2,12(13)6-7-12)5-3-10-4-8-14-9-10/h4,8-9H,3,5-7,13H2,1-2H3. The van der Waals surface area contributed by atoms with Crippen molar-refractivity contribution in [3.8, 4) is 0 Å². The zero-order valence-corrected chi connectivity index (χ0v) is 9.86. The number of nitrogens with two attached hydrogens (primary N) is 1. The van der Waals surface area contributed by atoms with Crippen LogP contribution in [0.4, 0.5) is 0 Å². The maximum Gasteiger partial charge on any atom is 0.0207 e. The summed E-state index contributed by atoms with van der Waals surface area (Å²) in [5.74, 6) is 0. The molecule has 78 valence electrons. The van der Waals surface area contributed by atoms with E-state index in [0.717, 1.165) is 0 Å². The minimum Gasteiger partial charge on any atom is -0.325 e. The Morgan fingerprint density at radius 2 is 2.21 bits per heavy atom. The van der Waals surface area contributed by atoms with Crippen LogP contribution in [0.3, 0.4) is 0 Å². The lowest BCUT2D eigenvalue weighted by Gasteiger charge is -2.31. The molecular formula is C12H19NS. The Balaban J connectivity index is 1.91. The van der Waals surface area contributed by atoms with Crippen LogP contribution in [-0.4, -0.2) is 5.54 Å². The van der Waals surface area contributed by atoms with Gasteiger partial charge in [-0.25, -0.2) is 0 Å². The van der Waals surface area contributed by atoms with Gasteiger partial charge in [-0.2, -0.15) is 11.3 Å². The average Bonchev–Trinajstić information content (AvgIpc) is 2.69. The minimum atomic E-state index is 0.142. The molecule has 1 aliphatic rings. The summed E-state index contributed by atoms with van der Waals surface area (Å²) in [7, 11) is 0. The monoisotopic (exact) mass is 209 g/mol. The van der Waals surface area contributed by atoms with Crippen LogP contribution >= 0.6 is 11.3 Å². The molecule has 0 spiro atoms. The van der Waals surface area contributed by atoms with Crippen LogP contribution in [0.15, 0.2) is 16.8 Å². The first-order valence-electron chi connectivity index (χ1n) is 5.33. The molecule has 0 amide bonds. The highest BCUT2D eigenvalue weighted by atomic mass is 32.1. The fourth-order valence-electron chi connectivity index (χ4n) is 1.95. The lowest BCUT2D eigenvalue weighted by molar-refractivity contribution is 0.245. The maximum absolute atomic E-state index is 6.27. The van der Waals surface area contributed by atoms with E-state index in [-0.39, 0.29) is 5.54 Å². The van der Waals surface area contributed by atoms with E-state index in [9.17, 15) is 0 Å². The highest BCUT2D eigenvalue weighted by Crippen LogP contribution is 2.49. The second-order valence-electron chi connectivity index (χ2n) is 5.17. The van der Waals surface area contributed by atoms with Gasteiger partial charge in [0, 0.05) is 5.54 Å². The molecule has 1 fully saturated rings. The smallest absolute Gasteiger partial charge is 0.0207 e. The molecule has 1 saturated carbocycles. The number of hydrogen-bond acceptors (Lipinski definition) is 2. The molecule has 1 aliphatic carbocycles. The number of thiophene rings is 1. The Morgan fingerprint density at radius 3 is 2.71 bits per heavy atom. The van der Waals surface area contributed by atoms with Crippen molar-refractivity contribution in [3.63, 3.8) is 0 Å². The summed E-state index contributed by atoms with van der Waals surface area (Å²) in [6.07, 6.45) is 4.81. The minimum absolute atomic E-state index is 0.142. The van der Waals surface area contributed by atoms with Gasteiger partial charge in [0.05, 0.1) is 0 Å². The first kappa shape index (κ1) is 10.2. The van der Waals surface area contributed by atoms with E-state index in [1.54, 1.807) is 11.3 Å². The average molecular weight is 209 g/mol.